The van der Waals surface area contributed by atoms with E-state index in [1.54, 1.807) is 12.4 Å². The van der Waals surface area contributed by atoms with Gasteiger partial charge in [-0.15, -0.1) is 10.2 Å². The number of benzene rings is 1. The van der Waals surface area contributed by atoms with Gasteiger partial charge >= 0.3 is 0 Å². The van der Waals surface area contributed by atoms with Crippen molar-refractivity contribution in [1.82, 2.24) is 19.7 Å². The molecular formula is C19H19ClFN5OS. The zero-order valence-electron chi connectivity index (χ0n) is 15.4. The van der Waals surface area contributed by atoms with Gasteiger partial charge in [-0.3, -0.25) is 9.78 Å². The number of hydrogen-bond donors (Lipinski definition) is 1. The van der Waals surface area contributed by atoms with Crippen LogP contribution in [0.15, 0.2) is 47.9 Å². The van der Waals surface area contributed by atoms with E-state index in [4.69, 9.17) is 11.6 Å². The monoisotopic (exact) mass is 419 g/mol. The van der Waals surface area contributed by atoms with Gasteiger partial charge in [0, 0.05) is 29.5 Å². The van der Waals surface area contributed by atoms with Gasteiger partial charge in [0.15, 0.2) is 11.0 Å². The van der Waals surface area contributed by atoms with Crippen LogP contribution in [0.3, 0.4) is 0 Å². The number of halogens is 2. The molecule has 146 valence electrons. The van der Waals surface area contributed by atoms with E-state index in [1.165, 1.54) is 23.9 Å². The lowest BCUT2D eigenvalue weighted by Crippen LogP contribution is -2.16. The number of nitrogens with one attached hydrogen (secondary N) is 1. The van der Waals surface area contributed by atoms with Gasteiger partial charge in [-0.2, -0.15) is 0 Å². The minimum absolute atomic E-state index is 0.0780. The Morgan fingerprint density at radius 1 is 1.25 bits per heavy atom. The Bertz CT molecular complexity index is 964. The van der Waals surface area contributed by atoms with Crippen molar-refractivity contribution in [1.29, 1.82) is 0 Å². The van der Waals surface area contributed by atoms with E-state index in [-0.39, 0.29) is 22.4 Å². The smallest absolute Gasteiger partial charge is 0.234 e. The van der Waals surface area contributed by atoms with Gasteiger partial charge in [-0.05, 0) is 36.2 Å². The molecule has 0 unspecified atom stereocenters. The quantitative estimate of drug-likeness (QED) is 0.570. The minimum Gasteiger partial charge on any atom is -0.323 e. The first-order valence-electron chi connectivity index (χ1n) is 8.65. The third kappa shape index (κ3) is 5.08. The molecule has 1 amide bonds. The second kappa shape index (κ2) is 9.16. The number of aromatic nitrogens is 4. The van der Waals surface area contributed by atoms with Crippen LogP contribution in [0.1, 0.15) is 13.8 Å². The molecule has 2 aromatic heterocycles. The van der Waals surface area contributed by atoms with Crippen molar-refractivity contribution in [2.75, 3.05) is 11.1 Å². The second-order valence-corrected chi connectivity index (χ2v) is 7.89. The minimum atomic E-state index is -0.575. The fourth-order valence-electron chi connectivity index (χ4n) is 2.55. The summed E-state index contributed by atoms with van der Waals surface area (Å²) in [4.78, 5) is 16.3. The molecule has 1 N–H and O–H groups in total. The van der Waals surface area contributed by atoms with E-state index >= 15 is 0 Å². The number of thioether (sulfide) groups is 1. The van der Waals surface area contributed by atoms with Crippen molar-refractivity contribution in [3.63, 3.8) is 0 Å². The molecule has 0 saturated carbocycles. The highest BCUT2D eigenvalue weighted by Gasteiger charge is 2.17. The summed E-state index contributed by atoms with van der Waals surface area (Å²) >= 11 is 6.98. The first-order chi connectivity index (χ1) is 13.4. The van der Waals surface area contributed by atoms with Crippen LogP contribution in [0, 0.1) is 11.7 Å². The molecule has 0 bridgehead atoms. The van der Waals surface area contributed by atoms with E-state index in [9.17, 15) is 9.18 Å². The SMILES string of the molecule is CC(C)Cn1c(SCC(=O)Nc2ccc(Cl)cc2F)nnc1-c1ccncc1. The molecule has 0 radical (unpaired) electrons. The first kappa shape index (κ1) is 20.3. The Morgan fingerprint density at radius 2 is 2.00 bits per heavy atom. The number of pyridine rings is 1. The molecule has 0 aliphatic heterocycles. The lowest BCUT2D eigenvalue weighted by Gasteiger charge is -2.12. The molecule has 3 rings (SSSR count). The van der Waals surface area contributed by atoms with Crippen molar-refractivity contribution in [3.8, 4) is 11.4 Å². The lowest BCUT2D eigenvalue weighted by atomic mass is 10.2. The molecule has 2 heterocycles. The predicted octanol–water partition coefficient (Wildman–Crippen LogP) is 4.52. The molecule has 0 saturated heterocycles. The van der Waals surface area contributed by atoms with E-state index in [0.29, 0.717) is 17.6 Å². The number of carbonyl (C=O) groups excluding carboxylic acids is 1. The number of anilines is 1. The Kier molecular flexibility index (Phi) is 6.64. The highest BCUT2D eigenvalue weighted by molar-refractivity contribution is 7.99. The van der Waals surface area contributed by atoms with Crippen LogP contribution in [0.4, 0.5) is 10.1 Å². The summed E-state index contributed by atoms with van der Waals surface area (Å²) in [6, 6.07) is 7.85. The molecule has 0 atom stereocenters. The van der Waals surface area contributed by atoms with Crippen LogP contribution in [0.5, 0.6) is 0 Å². The largest absolute Gasteiger partial charge is 0.323 e. The zero-order chi connectivity index (χ0) is 20.1. The van der Waals surface area contributed by atoms with E-state index in [2.05, 4.69) is 34.3 Å². The average molecular weight is 420 g/mol. The summed E-state index contributed by atoms with van der Waals surface area (Å²) in [6.45, 7) is 4.90. The van der Waals surface area contributed by atoms with E-state index < -0.39 is 5.82 Å². The Balaban J connectivity index is 1.73. The number of amides is 1. The van der Waals surface area contributed by atoms with Crippen molar-refractivity contribution in [3.05, 3.63) is 53.6 Å². The van der Waals surface area contributed by atoms with Gasteiger partial charge in [-0.25, -0.2) is 4.39 Å². The molecule has 28 heavy (non-hydrogen) atoms. The molecule has 6 nitrogen and oxygen atoms in total. The molecule has 3 aromatic rings. The molecule has 0 aliphatic carbocycles. The Hall–Kier alpha value is -2.45. The number of carbonyl (C=O) groups is 1. The molecular weight excluding hydrogens is 401 g/mol. The van der Waals surface area contributed by atoms with Crippen molar-refractivity contribution in [2.45, 2.75) is 25.5 Å². The standard InChI is InChI=1S/C19H19ClFN5OS/c1-12(2)10-26-18(13-5-7-22-8-6-13)24-25-19(26)28-11-17(27)23-16-4-3-14(20)9-15(16)21/h3-9,12H,10-11H2,1-2H3,(H,23,27). The fourth-order valence-corrected chi connectivity index (χ4v) is 3.45. The number of nitrogens with zero attached hydrogens (tertiary/aromatic N) is 4. The first-order valence-corrected chi connectivity index (χ1v) is 10.0. The van der Waals surface area contributed by atoms with Crippen LogP contribution in [-0.4, -0.2) is 31.4 Å². The zero-order valence-corrected chi connectivity index (χ0v) is 17.0. The Morgan fingerprint density at radius 3 is 2.68 bits per heavy atom. The van der Waals surface area contributed by atoms with Gasteiger partial charge in [0.25, 0.3) is 0 Å². The average Bonchev–Trinajstić information content (AvgIpc) is 3.05. The summed E-state index contributed by atoms with van der Waals surface area (Å²) in [5, 5.41) is 12.0. The highest BCUT2D eigenvalue weighted by Crippen LogP contribution is 2.25. The molecule has 1 aromatic carbocycles. The molecule has 0 spiro atoms. The van der Waals surface area contributed by atoms with Gasteiger partial charge in [0.1, 0.15) is 5.82 Å². The third-order valence-electron chi connectivity index (χ3n) is 3.74. The van der Waals surface area contributed by atoms with Gasteiger partial charge in [-0.1, -0.05) is 37.2 Å². The van der Waals surface area contributed by atoms with Gasteiger partial charge in [0.05, 0.1) is 11.4 Å². The number of hydrogen-bond acceptors (Lipinski definition) is 5. The van der Waals surface area contributed by atoms with Crippen molar-refractivity contribution in [2.24, 2.45) is 5.92 Å². The molecule has 9 heteroatoms. The summed E-state index contributed by atoms with van der Waals surface area (Å²) in [5.41, 5.74) is 0.999. The fraction of sp³-hybridized carbons (Fsp3) is 0.263. The highest BCUT2D eigenvalue weighted by atomic mass is 35.5. The van der Waals surface area contributed by atoms with Crippen molar-refractivity contribution < 1.29 is 9.18 Å². The van der Waals surface area contributed by atoms with Crippen LogP contribution >= 0.6 is 23.4 Å². The van der Waals surface area contributed by atoms with Crippen LogP contribution < -0.4 is 5.32 Å². The van der Waals surface area contributed by atoms with Crippen LogP contribution in [0.2, 0.25) is 5.02 Å². The maximum atomic E-state index is 13.8. The maximum absolute atomic E-state index is 13.8. The molecule has 0 aliphatic rings. The van der Waals surface area contributed by atoms with Crippen LogP contribution in [-0.2, 0) is 11.3 Å². The Labute approximate surface area is 171 Å². The summed E-state index contributed by atoms with van der Waals surface area (Å²) < 4.78 is 15.8. The summed E-state index contributed by atoms with van der Waals surface area (Å²) in [5.74, 6) is 0.259. The summed E-state index contributed by atoms with van der Waals surface area (Å²) in [7, 11) is 0. The van der Waals surface area contributed by atoms with Crippen molar-refractivity contribution >= 4 is 35.0 Å². The summed E-state index contributed by atoms with van der Waals surface area (Å²) in [6.07, 6.45) is 3.40. The van der Waals surface area contributed by atoms with E-state index in [1.807, 2.05) is 16.7 Å². The predicted molar refractivity (Wildman–Crippen MR) is 109 cm³/mol. The third-order valence-corrected chi connectivity index (χ3v) is 4.94. The lowest BCUT2D eigenvalue weighted by molar-refractivity contribution is -0.113. The van der Waals surface area contributed by atoms with Gasteiger partial charge < -0.3 is 9.88 Å². The second-order valence-electron chi connectivity index (χ2n) is 6.51. The van der Waals surface area contributed by atoms with Crippen LogP contribution in [0.25, 0.3) is 11.4 Å². The topological polar surface area (TPSA) is 72.7 Å². The van der Waals surface area contributed by atoms with E-state index in [0.717, 1.165) is 17.5 Å². The maximum Gasteiger partial charge on any atom is 0.234 e. The molecule has 0 fully saturated rings. The normalized spacial score (nSPS) is 11.0. The van der Waals surface area contributed by atoms with Gasteiger partial charge in [0.2, 0.25) is 5.91 Å². The number of rotatable bonds is 7.